The van der Waals surface area contributed by atoms with Crippen molar-refractivity contribution in [2.75, 3.05) is 19.3 Å². The first-order valence-electron chi connectivity index (χ1n) is 10.6. The van der Waals surface area contributed by atoms with Gasteiger partial charge in [0.05, 0.1) is 25.2 Å². The summed E-state index contributed by atoms with van der Waals surface area (Å²) in [5, 5.41) is 21.2. The summed E-state index contributed by atoms with van der Waals surface area (Å²) in [6.07, 6.45) is 4.11. The predicted molar refractivity (Wildman–Crippen MR) is 118 cm³/mol. The highest BCUT2D eigenvalue weighted by atomic mass is 16.3. The zero-order valence-corrected chi connectivity index (χ0v) is 19.0. The SMILES string of the molecule is CNC(=O)[C@@H]1C[C@@H](O)CN1C(=O)[C@@H](n1cc(Cn2cnc3c(N)ncnc32)nn1)C(C)(C)C. The summed E-state index contributed by atoms with van der Waals surface area (Å²) in [5.74, 6) is -0.308. The van der Waals surface area contributed by atoms with E-state index in [1.807, 2.05) is 20.8 Å². The number of hydrogen-bond donors (Lipinski definition) is 3. The fourth-order valence-electron chi connectivity index (χ4n) is 4.21. The molecule has 13 heteroatoms. The van der Waals surface area contributed by atoms with Gasteiger partial charge in [-0.2, -0.15) is 0 Å². The van der Waals surface area contributed by atoms with E-state index in [-0.39, 0.29) is 24.8 Å². The van der Waals surface area contributed by atoms with Crippen molar-refractivity contribution in [1.82, 2.24) is 44.7 Å². The van der Waals surface area contributed by atoms with E-state index in [1.165, 1.54) is 23.0 Å². The van der Waals surface area contributed by atoms with E-state index in [0.717, 1.165) is 0 Å². The van der Waals surface area contributed by atoms with Gasteiger partial charge in [-0.15, -0.1) is 5.10 Å². The molecule has 3 atom stereocenters. The number of amides is 2. The Bertz CT molecular complexity index is 1180. The molecule has 176 valence electrons. The second-order valence-electron chi connectivity index (χ2n) is 9.27. The number of anilines is 1. The minimum absolute atomic E-state index is 0.0905. The lowest BCUT2D eigenvalue weighted by molar-refractivity contribution is -0.144. The van der Waals surface area contributed by atoms with Crippen molar-refractivity contribution in [3.8, 4) is 0 Å². The Morgan fingerprint density at radius 3 is 2.76 bits per heavy atom. The lowest BCUT2D eigenvalue weighted by atomic mass is 9.85. The van der Waals surface area contributed by atoms with Gasteiger partial charge in [0.1, 0.15) is 29.6 Å². The van der Waals surface area contributed by atoms with Crippen LogP contribution in [0.1, 0.15) is 38.9 Å². The Morgan fingerprint density at radius 1 is 1.30 bits per heavy atom. The minimum atomic E-state index is -0.757. The van der Waals surface area contributed by atoms with E-state index >= 15 is 0 Å². The zero-order valence-electron chi connectivity index (χ0n) is 19.0. The second kappa shape index (κ2) is 8.39. The largest absolute Gasteiger partial charge is 0.391 e. The molecule has 0 saturated carbocycles. The number of fused-ring (bicyclic) bond motifs is 1. The summed E-state index contributed by atoms with van der Waals surface area (Å²) in [7, 11) is 1.51. The van der Waals surface area contributed by atoms with Crippen molar-refractivity contribution in [3.05, 3.63) is 24.5 Å². The summed E-state index contributed by atoms with van der Waals surface area (Å²) < 4.78 is 3.29. The number of rotatable bonds is 5. The zero-order chi connectivity index (χ0) is 23.9. The van der Waals surface area contributed by atoms with Gasteiger partial charge in [0.25, 0.3) is 0 Å². The summed E-state index contributed by atoms with van der Waals surface area (Å²) in [6.45, 7) is 6.17. The lowest BCUT2D eigenvalue weighted by Gasteiger charge is -2.34. The van der Waals surface area contributed by atoms with Crippen LogP contribution in [0.15, 0.2) is 18.9 Å². The highest BCUT2D eigenvalue weighted by Crippen LogP contribution is 2.34. The van der Waals surface area contributed by atoms with Gasteiger partial charge in [0.15, 0.2) is 11.5 Å². The molecular weight excluding hydrogens is 428 g/mol. The molecule has 0 aromatic carbocycles. The molecule has 0 unspecified atom stereocenters. The van der Waals surface area contributed by atoms with Crippen LogP contribution in [-0.2, 0) is 16.1 Å². The number of β-amino-alcohol motifs (C(OH)–C–C–N with tert-alkyl or cyclic N) is 1. The Hall–Kier alpha value is -3.61. The molecule has 4 rings (SSSR count). The van der Waals surface area contributed by atoms with Gasteiger partial charge >= 0.3 is 0 Å². The molecule has 0 bridgehead atoms. The first-order chi connectivity index (χ1) is 15.6. The first kappa shape index (κ1) is 22.6. The summed E-state index contributed by atoms with van der Waals surface area (Å²) in [5.41, 5.74) is 6.98. The number of carbonyl (C=O) groups excluding carboxylic acids is 2. The number of aliphatic hydroxyl groups excluding tert-OH is 1. The minimum Gasteiger partial charge on any atom is -0.391 e. The molecule has 0 spiro atoms. The number of likely N-dealkylation sites (N-methyl/N-ethyl adjacent to an activating group) is 1. The molecule has 0 aliphatic carbocycles. The Balaban J connectivity index is 1.62. The van der Waals surface area contributed by atoms with Gasteiger partial charge in [-0.3, -0.25) is 9.59 Å². The molecule has 13 nitrogen and oxygen atoms in total. The monoisotopic (exact) mass is 456 g/mol. The number of aliphatic hydroxyl groups is 1. The molecule has 1 saturated heterocycles. The van der Waals surface area contributed by atoms with E-state index in [2.05, 4.69) is 30.6 Å². The van der Waals surface area contributed by atoms with Crippen LogP contribution < -0.4 is 11.1 Å². The van der Waals surface area contributed by atoms with Crippen molar-refractivity contribution in [3.63, 3.8) is 0 Å². The second-order valence-corrected chi connectivity index (χ2v) is 9.27. The number of likely N-dealkylation sites (tertiary alicyclic amines) is 1. The van der Waals surface area contributed by atoms with Crippen LogP contribution in [0.25, 0.3) is 11.2 Å². The van der Waals surface area contributed by atoms with Crippen LogP contribution in [0.3, 0.4) is 0 Å². The van der Waals surface area contributed by atoms with Crippen LogP contribution in [-0.4, -0.2) is 82.1 Å². The van der Waals surface area contributed by atoms with E-state index in [4.69, 9.17) is 5.73 Å². The van der Waals surface area contributed by atoms with Crippen molar-refractivity contribution in [2.24, 2.45) is 5.41 Å². The van der Waals surface area contributed by atoms with Crippen molar-refractivity contribution in [2.45, 2.75) is 51.9 Å². The number of nitrogens with zero attached hydrogens (tertiary/aromatic N) is 8. The number of hydrogen-bond acceptors (Lipinski definition) is 9. The van der Waals surface area contributed by atoms with Gasteiger partial charge < -0.3 is 25.6 Å². The third-order valence-corrected chi connectivity index (χ3v) is 5.75. The van der Waals surface area contributed by atoms with Gasteiger partial charge in [0, 0.05) is 20.0 Å². The number of carbonyl (C=O) groups is 2. The van der Waals surface area contributed by atoms with Crippen LogP contribution >= 0.6 is 0 Å². The lowest BCUT2D eigenvalue weighted by Crippen LogP contribution is -2.49. The molecule has 4 N–H and O–H groups in total. The maximum absolute atomic E-state index is 13.6. The molecule has 3 aromatic heterocycles. The highest BCUT2D eigenvalue weighted by Gasteiger charge is 2.45. The number of nitrogen functional groups attached to an aromatic ring is 1. The van der Waals surface area contributed by atoms with Crippen LogP contribution in [0.2, 0.25) is 0 Å². The molecule has 0 radical (unpaired) electrons. The topological polar surface area (TPSA) is 170 Å². The third-order valence-electron chi connectivity index (χ3n) is 5.75. The van der Waals surface area contributed by atoms with E-state index in [0.29, 0.717) is 29.2 Å². The Kier molecular flexibility index (Phi) is 5.74. The third kappa shape index (κ3) is 4.23. The fraction of sp³-hybridized carbons (Fsp3) is 0.550. The molecule has 4 heterocycles. The highest BCUT2D eigenvalue weighted by molar-refractivity contribution is 5.90. The smallest absolute Gasteiger partial charge is 0.248 e. The van der Waals surface area contributed by atoms with E-state index in [9.17, 15) is 14.7 Å². The van der Waals surface area contributed by atoms with Crippen LogP contribution in [0.5, 0.6) is 0 Å². The average molecular weight is 457 g/mol. The maximum Gasteiger partial charge on any atom is 0.248 e. The fourth-order valence-corrected chi connectivity index (χ4v) is 4.21. The van der Waals surface area contributed by atoms with Crippen LogP contribution in [0, 0.1) is 5.41 Å². The van der Waals surface area contributed by atoms with Gasteiger partial charge in [-0.1, -0.05) is 26.0 Å². The van der Waals surface area contributed by atoms with E-state index in [1.54, 1.807) is 17.1 Å². The van der Waals surface area contributed by atoms with Gasteiger partial charge in [-0.25, -0.2) is 19.6 Å². The predicted octanol–water partition coefficient (Wildman–Crippen LogP) is -0.657. The summed E-state index contributed by atoms with van der Waals surface area (Å²) >= 11 is 0. The molecule has 1 aliphatic heterocycles. The first-order valence-corrected chi connectivity index (χ1v) is 10.6. The number of nitrogens with two attached hydrogens (primary N) is 1. The molecule has 1 aliphatic rings. The average Bonchev–Trinajstić information content (AvgIpc) is 3.47. The number of nitrogens with one attached hydrogen (secondary N) is 1. The quantitative estimate of drug-likeness (QED) is 0.451. The van der Waals surface area contributed by atoms with Crippen LogP contribution in [0.4, 0.5) is 5.82 Å². The summed E-state index contributed by atoms with van der Waals surface area (Å²) in [4.78, 5) is 39.8. The summed E-state index contributed by atoms with van der Waals surface area (Å²) in [6, 6.07) is -1.46. The number of aromatic nitrogens is 7. The Morgan fingerprint density at radius 2 is 2.06 bits per heavy atom. The number of imidazole rings is 1. The van der Waals surface area contributed by atoms with Crippen molar-refractivity contribution < 1.29 is 14.7 Å². The van der Waals surface area contributed by atoms with E-state index < -0.39 is 23.6 Å². The molecule has 2 amide bonds. The Labute approximate surface area is 190 Å². The normalized spacial score (nSPS) is 19.7. The van der Waals surface area contributed by atoms with Gasteiger partial charge in [-0.05, 0) is 5.41 Å². The molecule has 33 heavy (non-hydrogen) atoms. The molecule has 1 fully saturated rings. The van der Waals surface area contributed by atoms with Gasteiger partial charge in [0.2, 0.25) is 11.8 Å². The molecular formula is C20H28N10O3. The van der Waals surface area contributed by atoms with Crippen molar-refractivity contribution >= 4 is 28.8 Å². The maximum atomic E-state index is 13.6. The standard InChI is InChI=1S/C20H28N10O3/c1-20(2,3)15(19(33)29-8-12(31)5-13(29)18(32)22-4)30-7-11(26-27-30)6-28-10-25-14-16(21)23-9-24-17(14)28/h7,9-10,12-13,15,31H,5-6,8H2,1-4H3,(H,22,32)(H2,21,23,24)/t12-,13+,15-/m1/s1. The molecule has 3 aromatic rings. The van der Waals surface area contributed by atoms with Crippen molar-refractivity contribution in [1.29, 1.82) is 0 Å².